The van der Waals surface area contributed by atoms with Crippen molar-refractivity contribution >= 4 is 23.6 Å². The smallest absolute Gasteiger partial charge is 0.408 e. The zero-order valence-electron chi connectivity index (χ0n) is 17.3. The molecule has 1 heterocycles. The number of ether oxygens (including phenoxy) is 1. The van der Waals surface area contributed by atoms with Crippen molar-refractivity contribution in [2.45, 2.75) is 38.0 Å². The fraction of sp³-hybridized carbons (Fsp3) is 0.292. The number of anilines is 1. The number of carbonyl (C=O) groups is 3. The summed E-state index contributed by atoms with van der Waals surface area (Å²) in [6.07, 6.45) is 2.41. The number of nitrogens with zero attached hydrogens (tertiary/aromatic N) is 1. The normalized spacial score (nSPS) is 16.3. The number of para-hydroxylation sites is 1. The standard InChI is InChI=1S/C24H27N3O4/c1-2-10-20(26-24(30)31-17-18-11-5-3-6-12-18)23(29)27-16-9-15-21(27)22(28)25-19-13-7-4-8-14-19/h2-8,11-14,20-21H,1,9-10,15-17H2,(H,25,28)(H,26,30)/t20-,21-/m0/s1. The van der Waals surface area contributed by atoms with E-state index in [0.29, 0.717) is 18.7 Å². The van der Waals surface area contributed by atoms with Crippen LogP contribution in [0.5, 0.6) is 0 Å². The van der Waals surface area contributed by atoms with Gasteiger partial charge in [-0.2, -0.15) is 0 Å². The molecule has 162 valence electrons. The molecule has 0 aromatic heterocycles. The Morgan fingerprint density at radius 3 is 2.45 bits per heavy atom. The summed E-state index contributed by atoms with van der Waals surface area (Å²) in [5, 5.41) is 5.47. The van der Waals surface area contributed by atoms with Gasteiger partial charge in [-0.3, -0.25) is 9.59 Å². The van der Waals surface area contributed by atoms with E-state index in [9.17, 15) is 14.4 Å². The molecule has 0 unspecified atom stereocenters. The predicted octanol–water partition coefficient (Wildman–Crippen LogP) is 3.49. The first-order valence-electron chi connectivity index (χ1n) is 10.3. The molecule has 7 nitrogen and oxygen atoms in total. The summed E-state index contributed by atoms with van der Waals surface area (Å²) in [6, 6.07) is 17.0. The number of carbonyl (C=O) groups excluding carboxylic acids is 3. The lowest BCUT2D eigenvalue weighted by atomic mass is 10.1. The van der Waals surface area contributed by atoms with Crippen LogP contribution < -0.4 is 10.6 Å². The zero-order valence-corrected chi connectivity index (χ0v) is 17.3. The Bertz CT molecular complexity index is 902. The van der Waals surface area contributed by atoms with E-state index < -0.39 is 18.2 Å². The summed E-state index contributed by atoms with van der Waals surface area (Å²) in [5.41, 5.74) is 1.53. The van der Waals surface area contributed by atoms with Crippen LogP contribution in [0.3, 0.4) is 0 Å². The van der Waals surface area contributed by atoms with E-state index in [1.54, 1.807) is 18.2 Å². The summed E-state index contributed by atoms with van der Waals surface area (Å²) >= 11 is 0. The van der Waals surface area contributed by atoms with Crippen LogP contribution in [0.2, 0.25) is 0 Å². The number of amides is 3. The Morgan fingerprint density at radius 1 is 1.10 bits per heavy atom. The second-order valence-electron chi connectivity index (χ2n) is 7.33. The lowest BCUT2D eigenvalue weighted by Gasteiger charge is -2.28. The molecule has 2 atom stereocenters. The molecule has 3 amide bonds. The van der Waals surface area contributed by atoms with Crippen LogP contribution >= 0.6 is 0 Å². The molecule has 0 saturated carbocycles. The van der Waals surface area contributed by atoms with Crippen LogP contribution in [-0.2, 0) is 20.9 Å². The number of hydrogen-bond donors (Lipinski definition) is 2. The minimum Gasteiger partial charge on any atom is -0.445 e. The van der Waals surface area contributed by atoms with Gasteiger partial charge < -0.3 is 20.3 Å². The Hall–Kier alpha value is -3.61. The third kappa shape index (κ3) is 6.18. The number of rotatable bonds is 8. The minimum absolute atomic E-state index is 0.105. The lowest BCUT2D eigenvalue weighted by molar-refractivity contribution is -0.138. The van der Waals surface area contributed by atoms with Crippen molar-refractivity contribution in [3.63, 3.8) is 0 Å². The van der Waals surface area contributed by atoms with Gasteiger partial charge in [-0.25, -0.2) is 4.79 Å². The Balaban J connectivity index is 1.60. The molecule has 7 heteroatoms. The Kier molecular flexibility index (Phi) is 7.81. The summed E-state index contributed by atoms with van der Waals surface area (Å²) in [4.78, 5) is 39.7. The van der Waals surface area contributed by atoms with E-state index in [0.717, 1.165) is 12.0 Å². The first kappa shape index (κ1) is 22.1. The molecule has 3 rings (SSSR count). The highest BCUT2D eigenvalue weighted by atomic mass is 16.5. The van der Waals surface area contributed by atoms with Gasteiger partial charge in [-0.1, -0.05) is 54.6 Å². The maximum Gasteiger partial charge on any atom is 0.408 e. The van der Waals surface area contributed by atoms with Crippen molar-refractivity contribution in [3.05, 3.63) is 78.9 Å². The highest BCUT2D eigenvalue weighted by molar-refractivity contribution is 5.98. The highest BCUT2D eigenvalue weighted by Crippen LogP contribution is 2.21. The molecule has 1 fully saturated rings. The van der Waals surface area contributed by atoms with Crippen LogP contribution in [0.4, 0.5) is 10.5 Å². The van der Waals surface area contributed by atoms with Gasteiger partial charge >= 0.3 is 6.09 Å². The molecule has 1 aliphatic rings. The second kappa shape index (κ2) is 11.0. The van der Waals surface area contributed by atoms with Gasteiger partial charge in [0.15, 0.2) is 0 Å². The maximum atomic E-state index is 13.1. The summed E-state index contributed by atoms with van der Waals surface area (Å²) in [7, 11) is 0. The molecule has 0 radical (unpaired) electrons. The van der Waals surface area contributed by atoms with Crippen LogP contribution in [0.15, 0.2) is 73.3 Å². The zero-order chi connectivity index (χ0) is 22.1. The molecule has 0 aliphatic carbocycles. The number of nitrogens with one attached hydrogen (secondary N) is 2. The minimum atomic E-state index is -0.842. The van der Waals surface area contributed by atoms with Gasteiger partial charge in [-0.15, -0.1) is 6.58 Å². The first-order chi connectivity index (χ1) is 15.1. The monoisotopic (exact) mass is 421 g/mol. The van der Waals surface area contributed by atoms with Crippen LogP contribution in [0.25, 0.3) is 0 Å². The predicted molar refractivity (Wildman–Crippen MR) is 118 cm³/mol. The maximum absolute atomic E-state index is 13.1. The van der Waals surface area contributed by atoms with Crippen molar-refractivity contribution in [1.29, 1.82) is 0 Å². The van der Waals surface area contributed by atoms with Crippen LogP contribution in [-0.4, -0.2) is 41.4 Å². The van der Waals surface area contributed by atoms with E-state index in [1.165, 1.54) is 4.90 Å². The number of hydrogen-bond acceptors (Lipinski definition) is 4. The number of alkyl carbamates (subject to hydrolysis) is 1. The molecule has 1 saturated heterocycles. The summed E-state index contributed by atoms with van der Waals surface area (Å²) in [6.45, 7) is 4.24. The SMILES string of the molecule is C=CC[C@H](NC(=O)OCc1ccccc1)C(=O)N1CCC[C@H]1C(=O)Nc1ccccc1. The van der Waals surface area contributed by atoms with E-state index in [-0.39, 0.29) is 24.8 Å². The average Bonchev–Trinajstić information content (AvgIpc) is 3.28. The third-order valence-corrected chi connectivity index (χ3v) is 5.09. The van der Waals surface area contributed by atoms with Gasteiger partial charge in [0.1, 0.15) is 18.7 Å². The topological polar surface area (TPSA) is 87.7 Å². The Morgan fingerprint density at radius 2 is 1.77 bits per heavy atom. The van der Waals surface area contributed by atoms with Crippen LogP contribution in [0.1, 0.15) is 24.8 Å². The molecule has 1 aliphatic heterocycles. The fourth-order valence-corrected chi connectivity index (χ4v) is 3.55. The van der Waals surface area contributed by atoms with Crippen molar-refractivity contribution in [2.75, 3.05) is 11.9 Å². The van der Waals surface area contributed by atoms with Crippen molar-refractivity contribution in [1.82, 2.24) is 10.2 Å². The van der Waals surface area contributed by atoms with Crippen molar-refractivity contribution in [3.8, 4) is 0 Å². The molecule has 2 N–H and O–H groups in total. The third-order valence-electron chi connectivity index (χ3n) is 5.09. The van der Waals surface area contributed by atoms with E-state index in [2.05, 4.69) is 17.2 Å². The summed E-state index contributed by atoms with van der Waals surface area (Å²) in [5.74, 6) is -0.552. The second-order valence-corrected chi connectivity index (χ2v) is 7.33. The van der Waals surface area contributed by atoms with E-state index in [1.807, 2.05) is 48.5 Å². The molecule has 31 heavy (non-hydrogen) atoms. The molecular weight excluding hydrogens is 394 g/mol. The van der Waals surface area contributed by atoms with Gasteiger partial charge in [0.2, 0.25) is 11.8 Å². The van der Waals surface area contributed by atoms with E-state index >= 15 is 0 Å². The number of benzene rings is 2. The Labute approximate surface area is 182 Å². The number of likely N-dealkylation sites (tertiary alicyclic amines) is 1. The quantitative estimate of drug-likeness (QED) is 0.639. The fourth-order valence-electron chi connectivity index (χ4n) is 3.55. The average molecular weight is 421 g/mol. The summed E-state index contributed by atoms with van der Waals surface area (Å²) < 4.78 is 5.24. The molecule has 0 bridgehead atoms. The van der Waals surface area contributed by atoms with Crippen molar-refractivity contribution < 1.29 is 19.1 Å². The largest absolute Gasteiger partial charge is 0.445 e. The lowest BCUT2D eigenvalue weighted by Crippen LogP contribution is -2.52. The van der Waals surface area contributed by atoms with Crippen LogP contribution in [0, 0.1) is 0 Å². The van der Waals surface area contributed by atoms with Gasteiger partial charge in [0, 0.05) is 12.2 Å². The van der Waals surface area contributed by atoms with Gasteiger partial charge in [0.25, 0.3) is 0 Å². The molecule has 0 spiro atoms. The molecule has 2 aromatic carbocycles. The first-order valence-corrected chi connectivity index (χ1v) is 10.3. The highest BCUT2D eigenvalue weighted by Gasteiger charge is 2.37. The molecule has 2 aromatic rings. The van der Waals surface area contributed by atoms with Gasteiger partial charge in [-0.05, 0) is 37.0 Å². The van der Waals surface area contributed by atoms with Gasteiger partial charge in [0.05, 0.1) is 0 Å². The van der Waals surface area contributed by atoms with E-state index in [4.69, 9.17) is 4.74 Å². The molecular formula is C24H27N3O4. The van der Waals surface area contributed by atoms with Crippen molar-refractivity contribution in [2.24, 2.45) is 0 Å².